The first-order valence-electron chi connectivity index (χ1n) is 9.97. The SMILES string of the molecule is N#CCS(=N)(=N)Cc1cc2nc(c1)OCCCOc1cc(F)ccc1-c1cc(ncc1F)N2. The molecule has 8 nitrogen and oxygen atoms in total. The molecule has 0 aliphatic carbocycles. The molecule has 33 heavy (non-hydrogen) atoms. The van der Waals surface area contributed by atoms with Crippen LogP contribution in [0.3, 0.4) is 0 Å². The van der Waals surface area contributed by atoms with Crippen LogP contribution in [0.25, 0.3) is 11.1 Å². The Balaban J connectivity index is 1.77. The van der Waals surface area contributed by atoms with Gasteiger partial charge in [-0.3, -0.25) is 9.56 Å². The summed E-state index contributed by atoms with van der Waals surface area (Å²) in [6.45, 7) is 0.450. The maximum absolute atomic E-state index is 14.7. The van der Waals surface area contributed by atoms with Crippen LogP contribution in [0.15, 0.2) is 42.6 Å². The van der Waals surface area contributed by atoms with Crippen LogP contribution in [0.1, 0.15) is 12.0 Å². The van der Waals surface area contributed by atoms with E-state index in [1.807, 2.05) is 6.07 Å². The summed E-state index contributed by atoms with van der Waals surface area (Å²) >= 11 is 0. The van der Waals surface area contributed by atoms with Gasteiger partial charge in [0.05, 0.1) is 25.5 Å². The van der Waals surface area contributed by atoms with Gasteiger partial charge in [-0.1, -0.05) is 0 Å². The number of aromatic nitrogens is 2. The van der Waals surface area contributed by atoms with Crippen molar-refractivity contribution in [2.24, 2.45) is 0 Å². The molecule has 0 unspecified atom stereocenters. The van der Waals surface area contributed by atoms with Gasteiger partial charge < -0.3 is 14.8 Å². The van der Waals surface area contributed by atoms with Crippen LogP contribution in [0.4, 0.5) is 20.4 Å². The third kappa shape index (κ3) is 5.53. The summed E-state index contributed by atoms with van der Waals surface area (Å²) in [5.74, 6) is -0.0915. The number of ether oxygens (including phenoxy) is 2. The molecule has 0 spiro atoms. The molecule has 0 amide bonds. The van der Waals surface area contributed by atoms with E-state index in [2.05, 4.69) is 15.3 Å². The van der Waals surface area contributed by atoms with Crippen LogP contribution < -0.4 is 14.8 Å². The van der Waals surface area contributed by atoms with Crippen molar-refractivity contribution in [3.8, 4) is 28.8 Å². The maximum atomic E-state index is 14.7. The lowest BCUT2D eigenvalue weighted by atomic mass is 10.0. The molecule has 3 aromatic rings. The molecule has 0 fully saturated rings. The van der Waals surface area contributed by atoms with E-state index in [-0.39, 0.29) is 47.7 Å². The molecule has 0 atom stereocenters. The minimum Gasteiger partial charge on any atom is -0.493 e. The molecule has 170 valence electrons. The van der Waals surface area contributed by atoms with Gasteiger partial charge in [-0.25, -0.2) is 13.8 Å². The minimum absolute atomic E-state index is 0.0677. The van der Waals surface area contributed by atoms with Gasteiger partial charge in [0, 0.05) is 35.4 Å². The van der Waals surface area contributed by atoms with E-state index in [0.29, 0.717) is 23.4 Å². The van der Waals surface area contributed by atoms with E-state index >= 15 is 0 Å². The monoisotopic (exact) mass is 470 g/mol. The summed E-state index contributed by atoms with van der Waals surface area (Å²) in [6, 6.07) is 10.5. The summed E-state index contributed by atoms with van der Waals surface area (Å²) in [5.41, 5.74) is 1.18. The molecule has 4 rings (SSSR count). The fourth-order valence-corrected chi connectivity index (χ4v) is 4.38. The molecule has 1 aliphatic rings. The number of benzene rings is 1. The second-order valence-electron chi connectivity index (χ2n) is 7.39. The molecular formula is C22H20F2N6O2S. The number of nitriles is 1. The van der Waals surface area contributed by atoms with E-state index in [1.54, 1.807) is 12.1 Å². The second-order valence-corrected chi connectivity index (χ2v) is 9.74. The topological polar surface area (TPSA) is 128 Å². The van der Waals surface area contributed by atoms with E-state index in [9.17, 15) is 8.78 Å². The molecule has 0 saturated heterocycles. The Morgan fingerprint density at radius 3 is 2.70 bits per heavy atom. The average Bonchev–Trinajstić information content (AvgIpc) is 2.74. The van der Waals surface area contributed by atoms with E-state index in [1.165, 1.54) is 24.3 Å². The molecule has 1 aliphatic heterocycles. The van der Waals surface area contributed by atoms with Crippen LogP contribution in [0, 0.1) is 32.5 Å². The Morgan fingerprint density at radius 2 is 1.88 bits per heavy atom. The fraction of sp³-hybridized carbons (Fsp3) is 0.227. The van der Waals surface area contributed by atoms with Gasteiger partial charge in [0.2, 0.25) is 5.88 Å². The molecule has 3 heterocycles. The number of pyridine rings is 2. The molecule has 4 bridgehead atoms. The van der Waals surface area contributed by atoms with E-state index < -0.39 is 21.3 Å². The van der Waals surface area contributed by atoms with Gasteiger partial charge in [-0.2, -0.15) is 10.2 Å². The zero-order valence-electron chi connectivity index (χ0n) is 17.4. The molecule has 1 aromatic carbocycles. The summed E-state index contributed by atoms with van der Waals surface area (Å²) in [5, 5.41) is 11.9. The lowest BCUT2D eigenvalue weighted by molar-refractivity contribution is 0.242. The molecular weight excluding hydrogens is 450 g/mol. The number of fused-ring (bicyclic) bond motifs is 6. The van der Waals surface area contributed by atoms with Gasteiger partial charge in [0.25, 0.3) is 0 Å². The van der Waals surface area contributed by atoms with Crippen molar-refractivity contribution >= 4 is 21.3 Å². The predicted octanol–water partition coefficient (Wildman–Crippen LogP) is 5.03. The summed E-state index contributed by atoms with van der Waals surface area (Å²) in [7, 11) is -2.65. The Kier molecular flexibility index (Phi) is 6.37. The zero-order valence-corrected chi connectivity index (χ0v) is 18.2. The van der Waals surface area contributed by atoms with Gasteiger partial charge in [0.15, 0.2) is 0 Å². The molecule has 0 saturated carbocycles. The van der Waals surface area contributed by atoms with E-state index in [0.717, 1.165) is 6.20 Å². The molecule has 3 N–H and O–H groups in total. The maximum Gasteiger partial charge on any atom is 0.215 e. The first kappa shape index (κ1) is 22.4. The lowest BCUT2D eigenvalue weighted by Gasteiger charge is -2.16. The van der Waals surface area contributed by atoms with E-state index in [4.69, 9.17) is 24.3 Å². The smallest absolute Gasteiger partial charge is 0.215 e. The van der Waals surface area contributed by atoms with Crippen LogP contribution >= 0.6 is 0 Å². The largest absolute Gasteiger partial charge is 0.493 e. The number of nitrogens with zero attached hydrogens (tertiary/aromatic N) is 3. The number of halogens is 2. The number of anilines is 2. The quantitative estimate of drug-likeness (QED) is 0.493. The van der Waals surface area contributed by atoms with Crippen LogP contribution in [-0.2, 0) is 15.4 Å². The Bertz CT molecular complexity index is 1340. The van der Waals surface area contributed by atoms with Gasteiger partial charge in [0.1, 0.15) is 34.8 Å². The Labute approximate surface area is 189 Å². The molecule has 11 heteroatoms. The third-order valence-electron chi connectivity index (χ3n) is 4.73. The highest BCUT2D eigenvalue weighted by Gasteiger charge is 2.16. The highest BCUT2D eigenvalue weighted by Crippen LogP contribution is 2.34. The van der Waals surface area contributed by atoms with Crippen molar-refractivity contribution < 1.29 is 18.3 Å². The molecule has 0 radical (unpaired) electrons. The second kappa shape index (κ2) is 9.38. The number of rotatable bonds is 3. The van der Waals surface area contributed by atoms with Gasteiger partial charge in [-0.05, 0) is 39.4 Å². The highest BCUT2D eigenvalue weighted by atomic mass is 32.2. The van der Waals surface area contributed by atoms with Crippen molar-refractivity contribution in [2.45, 2.75) is 12.2 Å². The normalized spacial score (nSPS) is 13.4. The van der Waals surface area contributed by atoms with Crippen molar-refractivity contribution in [1.29, 1.82) is 14.8 Å². The summed E-state index contributed by atoms with van der Waals surface area (Å²) in [4.78, 5) is 8.46. The highest BCUT2D eigenvalue weighted by molar-refractivity contribution is 7.92. The fourth-order valence-electron chi connectivity index (χ4n) is 3.33. The van der Waals surface area contributed by atoms with Crippen molar-refractivity contribution in [3.63, 3.8) is 0 Å². The zero-order chi connectivity index (χ0) is 23.4. The minimum atomic E-state index is -2.65. The van der Waals surface area contributed by atoms with Crippen molar-refractivity contribution in [2.75, 3.05) is 24.3 Å². The number of nitrogens with one attached hydrogen (secondary N) is 3. The van der Waals surface area contributed by atoms with Crippen molar-refractivity contribution in [1.82, 2.24) is 9.97 Å². The number of hydrogen-bond donors (Lipinski definition) is 3. The van der Waals surface area contributed by atoms with Crippen molar-refractivity contribution in [3.05, 3.63) is 59.8 Å². The first-order valence-corrected chi connectivity index (χ1v) is 11.9. The van der Waals surface area contributed by atoms with Crippen LogP contribution in [-0.4, -0.2) is 28.9 Å². The standard InChI is InChI=1S/C22H20F2N6O2S/c23-15-2-3-16-17-11-20(28-12-18(17)24)29-21-8-14(13-33(26,27)7-4-25)9-22(30-21)32-6-1-5-31-19(16)10-15/h2-3,8-12,26-27H,1,5-7,13H2,(H,28,29,30). The van der Waals surface area contributed by atoms with Gasteiger partial charge in [-0.15, -0.1) is 0 Å². The lowest BCUT2D eigenvalue weighted by Crippen LogP contribution is -2.10. The average molecular weight is 471 g/mol. The third-order valence-corrected chi connectivity index (χ3v) is 6.18. The molecule has 2 aromatic heterocycles. The predicted molar refractivity (Wildman–Crippen MR) is 120 cm³/mol. The Morgan fingerprint density at radius 1 is 1.06 bits per heavy atom. The summed E-state index contributed by atoms with van der Waals surface area (Å²) < 4.78 is 56.1. The van der Waals surface area contributed by atoms with Gasteiger partial charge >= 0.3 is 0 Å². The number of hydrogen-bond acceptors (Lipinski definition) is 8. The Hall–Kier alpha value is -3.78. The van der Waals surface area contributed by atoms with Crippen LogP contribution in [0.5, 0.6) is 11.6 Å². The summed E-state index contributed by atoms with van der Waals surface area (Å²) in [6.07, 6.45) is 1.50. The first-order chi connectivity index (χ1) is 15.8. The van der Waals surface area contributed by atoms with Crippen LogP contribution in [0.2, 0.25) is 0 Å².